The van der Waals surface area contributed by atoms with Crippen molar-refractivity contribution in [2.75, 3.05) is 13.3 Å². The molecule has 0 spiro atoms. The van der Waals surface area contributed by atoms with Gasteiger partial charge in [0, 0.05) is 31.0 Å². The predicted molar refractivity (Wildman–Crippen MR) is 85.5 cm³/mol. The van der Waals surface area contributed by atoms with Gasteiger partial charge in [-0.15, -0.1) is 0 Å². The molecule has 0 heterocycles. The zero-order chi connectivity index (χ0) is 16.3. The quantitative estimate of drug-likeness (QED) is 0.613. The second-order valence-corrected chi connectivity index (χ2v) is 8.32. The molecule has 1 aromatic carbocycles. The number of nitrogens with zero attached hydrogens (tertiary/aromatic N) is 2. The number of benzene rings is 1. The summed E-state index contributed by atoms with van der Waals surface area (Å²) in [6.45, 7) is 0.592. The van der Waals surface area contributed by atoms with Crippen LogP contribution in [0, 0.1) is 10.1 Å². The Balaban J connectivity index is 2.09. The number of hydrogen-bond acceptors (Lipinski definition) is 5. The number of non-ortho nitro benzene ring substituents is 1. The summed E-state index contributed by atoms with van der Waals surface area (Å²) in [7, 11) is -1.14. The second kappa shape index (κ2) is 6.75. The molecule has 22 heavy (non-hydrogen) atoms. The van der Waals surface area contributed by atoms with Crippen LogP contribution in [0.3, 0.4) is 0 Å². The van der Waals surface area contributed by atoms with Crippen LogP contribution in [0.2, 0.25) is 0 Å². The molecule has 0 unspecified atom stereocenters. The van der Waals surface area contributed by atoms with Gasteiger partial charge in [-0.05, 0) is 25.5 Å². The predicted octanol–water partition coefficient (Wildman–Crippen LogP) is 2.38. The van der Waals surface area contributed by atoms with Crippen LogP contribution in [0.5, 0.6) is 0 Å². The van der Waals surface area contributed by atoms with Crippen molar-refractivity contribution in [1.82, 2.24) is 4.90 Å². The lowest BCUT2D eigenvalue weighted by Gasteiger charge is -2.37. The first-order chi connectivity index (χ1) is 10.3. The van der Waals surface area contributed by atoms with E-state index in [1.54, 1.807) is 12.1 Å². The van der Waals surface area contributed by atoms with Crippen LogP contribution in [0.25, 0.3) is 0 Å². The molecule has 0 bridgehead atoms. The molecule has 0 amide bonds. The minimum absolute atomic E-state index is 0.0129. The highest BCUT2D eigenvalue weighted by Gasteiger charge is 2.35. The molecule has 0 aromatic heterocycles. The standard InChI is InChI=1S/C15H22N2O4S/c1-16(11-12-7-9-13(10-8-12)17(18)19)14-5-3-4-6-15(14)22(2,20)21/h7-10,14-15H,3-6,11H2,1-2H3/t14-,15+/m0/s1. The Morgan fingerprint density at radius 3 is 2.36 bits per heavy atom. The zero-order valence-electron chi connectivity index (χ0n) is 12.9. The van der Waals surface area contributed by atoms with Crippen molar-refractivity contribution in [3.8, 4) is 0 Å². The van der Waals surface area contributed by atoms with E-state index >= 15 is 0 Å². The van der Waals surface area contributed by atoms with E-state index in [4.69, 9.17) is 0 Å². The lowest BCUT2D eigenvalue weighted by molar-refractivity contribution is -0.384. The molecule has 1 saturated carbocycles. The summed E-state index contributed by atoms with van der Waals surface area (Å²) in [5.41, 5.74) is 1.02. The first kappa shape index (κ1) is 16.9. The van der Waals surface area contributed by atoms with E-state index < -0.39 is 14.8 Å². The normalized spacial score (nSPS) is 22.7. The maximum Gasteiger partial charge on any atom is 0.269 e. The van der Waals surface area contributed by atoms with E-state index in [-0.39, 0.29) is 17.0 Å². The summed E-state index contributed by atoms with van der Waals surface area (Å²) in [4.78, 5) is 12.3. The molecule has 1 fully saturated rings. The monoisotopic (exact) mass is 326 g/mol. The third-order valence-corrected chi connectivity index (χ3v) is 6.01. The Labute approximate surface area is 131 Å². The van der Waals surface area contributed by atoms with Gasteiger partial charge in [0.05, 0.1) is 10.2 Å². The van der Waals surface area contributed by atoms with Gasteiger partial charge in [0.25, 0.3) is 5.69 Å². The van der Waals surface area contributed by atoms with Crippen molar-refractivity contribution >= 4 is 15.5 Å². The van der Waals surface area contributed by atoms with Crippen LogP contribution in [0.4, 0.5) is 5.69 Å². The molecule has 7 heteroatoms. The van der Waals surface area contributed by atoms with Crippen LogP contribution in [0.15, 0.2) is 24.3 Å². The van der Waals surface area contributed by atoms with Crippen molar-refractivity contribution in [3.05, 3.63) is 39.9 Å². The van der Waals surface area contributed by atoms with E-state index in [1.165, 1.54) is 18.4 Å². The van der Waals surface area contributed by atoms with Crippen molar-refractivity contribution in [2.45, 2.75) is 43.5 Å². The fraction of sp³-hybridized carbons (Fsp3) is 0.600. The average Bonchev–Trinajstić information content (AvgIpc) is 2.47. The third kappa shape index (κ3) is 4.04. The molecular weight excluding hydrogens is 304 g/mol. The van der Waals surface area contributed by atoms with Gasteiger partial charge in [0.2, 0.25) is 0 Å². The molecule has 0 aliphatic heterocycles. The maximum atomic E-state index is 12.0. The topological polar surface area (TPSA) is 80.5 Å². The van der Waals surface area contributed by atoms with Crippen molar-refractivity contribution < 1.29 is 13.3 Å². The molecule has 122 valence electrons. The fourth-order valence-electron chi connectivity index (χ4n) is 3.21. The summed E-state index contributed by atoms with van der Waals surface area (Å²) in [6.07, 6.45) is 4.91. The molecule has 2 atom stereocenters. The fourth-order valence-corrected chi connectivity index (χ4v) is 4.72. The van der Waals surface area contributed by atoms with Crippen LogP contribution >= 0.6 is 0 Å². The minimum Gasteiger partial charge on any atom is -0.298 e. The van der Waals surface area contributed by atoms with Gasteiger partial charge in [-0.1, -0.05) is 25.0 Å². The number of rotatable bonds is 5. The smallest absolute Gasteiger partial charge is 0.269 e. The lowest BCUT2D eigenvalue weighted by Crippen LogP contribution is -2.46. The Morgan fingerprint density at radius 2 is 1.82 bits per heavy atom. The Bertz CT molecular complexity index is 627. The second-order valence-electron chi connectivity index (χ2n) is 6.06. The highest BCUT2D eigenvalue weighted by atomic mass is 32.2. The van der Waals surface area contributed by atoms with E-state index in [0.717, 1.165) is 24.8 Å². The van der Waals surface area contributed by atoms with Crippen molar-refractivity contribution in [2.24, 2.45) is 0 Å². The highest BCUT2D eigenvalue weighted by Crippen LogP contribution is 2.28. The summed E-state index contributed by atoms with van der Waals surface area (Å²) in [5, 5.41) is 10.3. The van der Waals surface area contributed by atoms with Gasteiger partial charge in [-0.25, -0.2) is 8.42 Å². The molecule has 2 rings (SSSR count). The van der Waals surface area contributed by atoms with Crippen LogP contribution in [-0.4, -0.2) is 42.8 Å². The molecule has 1 aromatic rings. The van der Waals surface area contributed by atoms with Crippen LogP contribution in [-0.2, 0) is 16.4 Å². The van der Waals surface area contributed by atoms with E-state index in [2.05, 4.69) is 4.90 Å². The maximum absolute atomic E-state index is 12.0. The van der Waals surface area contributed by atoms with Crippen LogP contribution < -0.4 is 0 Å². The van der Waals surface area contributed by atoms with Crippen molar-refractivity contribution in [1.29, 1.82) is 0 Å². The summed E-state index contributed by atoms with van der Waals surface area (Å²) >= 11 is 0. The van der Waals surface area contributed by atoms with Gasteiger partial charge in [0.15, 0.2) is 9.84 Å². The van der Waals surface area contributed by atoms with Gasteiger partial charge in [-0.3, -0.25) is 15.0 Å². The highest BCUT2D eigenvalue weighted by molar-refractivity contribution is 7.91. The van der Waals surface area contributed by atoms with Gasteiger partial charge in [-0.2, -0.15) is 0 Å². The number of sulfone groups is 1. The molecular formula is C15H22N2O4S. The van der Waals surface area contributed by atoms with Crippen molar-refractivity contribution in [3.63, 3.8) is 0 Å². The van der Waals surface area contributed by atoms with Gasteiger partial charge in [0.1, 0.15) is 0 Å². The van der Waals surface area contributed by atoms with E-state index in [0.29, 0.717) is 13.0 Å². The van der Waals surface area contributed by atoms with Crippen LogP contribution in [0.1, 0.15) is 31.2 Å². The minimum atomic E-state index is -3.06. The Kier molecular flexibility index (Phi) is 5.18. The Morgan fingerprint density at radius 1 is 1.23 bits per heavy atom. The van der Waals surface area contributed by atoms with E-state index in [1.807, 2.05) is 7.05 Å². The van der Waals surface area contributed by atoms with Gasteiger partial charge < -0.3 is 0 Å². The lowest BCUT2D eigenvalue weighted by atomic mass is 9.93. The average molecular weight is 326 g/mol. The Hall–Kier alpha value is -1.47. The third-order valence-electron chi connectivity index (χ3n) is 4.36. The summed E-state index contributed by atoms with van der Waals surface area (Å²) in [6, 6.07) is 6.44. The SMILES string of the molecule is CN(Cc1ccc([N+](=O)[O-])cc1)[C@H]1CCCC[C@H]1S(C)(=O)=O. The molecule has 0 N–H and O–H groups in total. The molecule has 0 radical (unpaired) electrons. The molecule has 1 aliphatic carbocycles. The molecule has 0 saturated heterocycles. The summed E-state index contributed by atoms with van der Waals surface area (Å²) in [5.74, 6) is 0. The van der Waals surface area contributed by atoms with E-state index in [9.17, 15) is 18.5 Å². The zero-order valence-corrected chi connectivity index (χ0v) is 13.8. The largest absolute Gasteiger partial charge is 0.298 e. The number of nitro benzene ring substituents is 1. The summed E-state index contributed by atoms with van der Waals surface area (Å²) < 4.78 is 23.9. The number of hydrogen-bond donors (Lipinski definition) is 0. The number of nitro groups is 1. The van der Waals surface area contributed by atoms with Gasteiger partial charge >= 0.3 is 0 Å². The molecule has 1 aliphatic rings. The first-order valence-electron chi connectivity index (χ1n) is 7.41. The molecule has 6 nitrogen and oxygen atoms in total. The first-order valence-corrected chi connectivity index (χ1v) is 9.37.